The van der Waals surface area contributed by atoms with Gasteiger partial charge in [-0.1, -0.05) is 298 Å². The average Bonchev–Trinajstić information content (AvgIpc) is 3.68. The number of aliphatic hydroxyl groups excluding tert-OH is 1. The van der Waals surface area contributed by atoms with Crippen LogP contribution in [0.3, 0.4) is 0 Å². The van der Waals surface area contributed by atoms with Crippen LogP contribution in [0, 0.1) is 11.8 Å². The molecule has 0 amide bonds. The van der Waals surface area contributed by atoms with E-state index < -0.39 is 97.5 Å². The fraction of sp³-hybridized carbons (Fsp3) is 0.942. The van der Waals surface area contributed by atoms with Crippen molar-refractivity contribution in [3.05, 3.63) is 0 Å². The zero-order chi connectivity index (χ0) is 65.0. The van der Waals surface area contributed by atoms with Crippen molar-refractivity contribution in [2.45, 2.75) is 368 Å². The van der Waals surface area contributed by atoms with Crippen molar-refractivity contribution in [2.75, 3.05) is 39.6 Å². The summed E-state index contributed by atoms with van der Waals surface area (Å²) in [5, 5.41) is 10.6. The third-order valence-corrected chi connectivity index (χ3v) is 17.9. The second kappa shape index (κ2) is 61.3. The van der Waals surface area contributed by atoms with E-state index in [1.54, 1.807) is 0 Å². The summed E-state index contributed by atoms with van der Waals surface area (Å²) in [6.07, 6.45) is 46.0. The van der Waals surface area contributed by atoms with E-state index in [2.05, 4.69) is 41.5 Å². The topological polar surface area (TPSA) is 237 Å². The van der Waals surface area contributed by atoms with Gasteiger partial charge in [0.1, 0.15) is 19.3 Å². The Morgan fingerprint density at radius 3 is 0.773 bits per heavy atom. The summed E-state index contributed by atoms with van der Waals surface area (Å²) in [5.41, 5.74) is 0. The number of aliphatic hydroxyl groups is 1. The molecule has 3 N–H and O–H groups in total. The highest BCUT2D eigenvalue weighted by atomic mass is 31.2. The lowest BCUT2D eigenvalue weighted by atomic mass is 10.0. The van der Waals surface area contributed by atoms with E-state index in [-0.39, 0.29) is 25.7 Å². The Kier molecular flexibility index (Phi) is 59.9. The molecule has 522 valence electrons. The van der Waals surface area contributed by atoms with Gasteiger partial charge in [0, 0.05) is 25.7 Å². The van der Waals surface area contributed by atoms with Crippen LogP contribution in [0.2, 0.25) is 0 Å². The molecule has 5 atom stereocenters. The first-order valence-corrected chi connectivity index (χ1v) is 39.0. The van der Waals surface area contributed by atoms with Gasteiger partial charge in [-0.2, -0.15) is 0 Å². The maximum atomic E-state index is 13.0. The Bertz CT molecular complexity index is 1720. The second-order valence-electron chi connectivity index (χ2n) is 25.9. The highest BCUT2D eigenvalue weighted by Crippen LogP contribution is 2.45. The molecular weight excluding hydrogens is 1160 g/mol. The second-order valence-corrected chi connectivity index (χ2v) is 28.8. The molecule has 0 saturated carbocycles. The molecule has 0 heterocycles. The maximum Gasteiger partial charge on any atom is 0.472 e. The fourth-order valence-electron chi connectivity index (χ4n) is 10.4. The molecule has 0 aliphatic heterocycles. The summed E-state index contributed by atoms with van der Waals surface area (Å²) in [5.74, 6) is -0.730. The number of ether oxygens (including phenoxy) is 4. The zero-order valence-electron chi connectivity index (χ0n) is 57.0. The molecule has 0 fully saturated rings. The smallest absolute Gasteiger partial charge is 0.462 e. The lowest BCUT2D eigenvalue weighted by molar-refractivity contribution is -0.161. The standard InChI is InChI=1S/C69H134O17P2/c1-7-9-11-13-15-17-19-21-22-23-24-26-28-33-41-47-53-68(73)85-64(57-79-66(71)51-45-39-32-27-25-20-18-16-14-12-10-8-2)59-83-87(75,76)81-55-63(70)56-82-88(77,78)84-60-65(58-80-67(72)52-46-40-36-35-38-44-50-62(5)6)86-69(74)54-48-42-34-30-29-31-37-43-49-61(3)4/h61-65,70H,7-60H2,1-6H3,(H,75,76)(H,77,78)/t63-,64-,65-/m1/s1. The molecule has 0 rings (SSSR count). The van der Waals surface area contributed by atoms with Crippen molar-refractivity contribution < 1.29 is 80.2 Å². The van der Waals surface area contributed by atoms with Crippen molar-refractivity contribution in [3.63, 3.8) is 0 Å². The van der Waals surface area contributed by atoms with Gasteiger partial charge in [0.2, 0.25) is 0 Å². The molecule has 0 saturated heterocycles. The molecule has 0 aliphatic rings. The van der Waals surface area contributed by atoms with Gasteiger partial charge < -0.3 is 33.8 Å². The highest BCUT2D eigenvalue weighted by molar-refractivity contribution is 7.47. The highest BCUT2D eigenvalue weighted by Gasteiger charge is 2.30. The average molecular weight is 1300 g/mol. The molecule has 0 aromatic heterocycles. The number of esters is 4. The van der Waals surface area contributed by atoms with Crippen LogP contribution in [-0.2, 0) is 65.4 Å². The van der Waals surface area contributed by atoms with E-state index in [0.29, 0.717) is 31.6 Å². The van der Waals surface area contributed by atoms with Gasteiger partial charge in [-0.15, -0.1) is 0 Å². The monoisotopic (exact) mass is 1300 g/mol. The minimum absolute atomic E-state index is 0.103. The van der Waals surface area contributed by atoms with E-state index in [1.807, 2.05) is 0 Å². The van der Waals surface area contributed by atoms with Crippen LogP contribution in [0.1, 0.15) is 350 Å². The number of carbonyl (C=O) groups excluding carboxylic acids is 4. The first-order chi connectivity index (χ1) is 42.4. The van der Waals surface area contributed by atoms with Gasteiger partial charge in [0.25, 0.3) is 0 Å². The van der Waals surface area contributed by atoms with Gasteiger partial charge in [0.05, 0.1) is 26.4 Å². The Hall–Kier alpha value is -1.94. The molecule has 0 aromatic rings. The summed E-state index contributed by atoms with van der Waals surface area (Å²) in [6, 6.07) is 0. The van der Waals surface area contributed by atoms with Crippen LogP contribution in [-0.4, -0.2) is 96.7 Å². The SMILES string of the molecule is CCCCCCCCCCCCCCCCCCC(=O)O[C@H](COC(=O)CCCCCCCCCCCCCC)COP(=O)(O)OC[C@@H](O)COP(=O)(O)OC[C@@H](COC(=O)CCCCCCCCC(C)C)OC(=O)CCCCCCCCCCC(C)C. The molecule has 0 aliphatic carbocycles. The largest absolute Gasteiger partial charge is 0.472 e. The zero-order valence-corrected chi connectivity index (χ0v) is 58.8. The minimum Gasteiger partial charge on any atom is -0.462 e. The number of rotatable bonds is 68. The lowest BCUT2D eigenvalue weighted by Gasteiger charge is -2.21. The number of carbonyl (C=O) groups is 4. The van der Waals surface area contributed by atoms with E-state index in [9.17, 15) is 43.2 Å². The molecule has 0 radical (unpaired) electrons. The van der Waals surface area contributed by atoms with Crippen LogP contribution >= 0.6 is 15.6 Å². The number of hydrogen-bond donors (Lipinski definition) is 3. The normalized spacial score (nSPS) is 14.2. The van der Waals surface area contributed by atoms with E-state index in [0.717, 1.165) is 102 Å². The number of phosphoric acid groups is 2. The van der Waals surface area contributed by atoms with E-state index >= 15 is 0 Å². The van der Waals surface area contributed by atoms with E-state index in [4.69, 9.17) is 37.0 Å². The summed E-state index contributed by atoms with van der Waals surface area (Å²) in [7, 11) is -9.90. The first-order valence-electron chi connectivity index (χ1n) is 36.0. The summed E-state index contributed by atoms with van der Waals surface area (Å²) in [6.45, 7) is 9.42. The van der Waals surface area contributed by atoms with Gasteiger partial charge >= 0.3 is 39.5 Å². The minimum atomic E-state index is -4.95. The molecule has 17 nitrogen and oxygen atoms in total. The number of phosphoric ester groups is 2. The summed E-state index contributed by atoms with van der Waals surface area (Å²) in [4.78, 5) is 72.4. The van der Waals surface area contributed by atoms with Crippen molar-refractivity contribution in [3.8, 4) is 0 Å². The van der Waals surface area contributed by atoms with Crippen molar-refractivity contribution >= 4 is 39.5 Å². The van der Waals surface area contributed by atoms with Crippen LogP contribution in [0.4, 0.5) is 0 Å². The molecule has 0 bridgehead atoms. The van der Waals surface area contributed by atoms with Crippen LogP contribution in [0.25, 0.3) is 0 Å². The Balaban J connectivity index is 5.23. The molecule has 19 heteroatoms. The predicted octanol–water partition coefficient (Wildman–Crippen LogP) is 19.6. The molecule has 2 unspecified atom stereocenters. The Labute approximate surface area is 537 Å². The van der Waals surface area contributed by atoms with Gasteiger partial charge in [0.15, 0.2) is 12.2 Å². The lowest BCUT2D eigenvalue weighted by Crippen LogP contribution is -2.30. The van der Waals surface area contributed by atoms with Crippen molar-refractivity contribution in [1.82, 2.24) is 0 Å². The van der Waals surface area contributed by atoms with E-state index in [1.165, 1.54) is 161 Å². The summed E-state index contributed by atoms with van der Waals surface area (Å²) < 4.78 is 68.2. The van der Waals surface area contributed by atoms with Crippen molar-refractivity contribution in [2.24, 2.45) is 11.8 Å². The first kappa shape index (κ1) is 86.1. The molecule has 0 aromatic carbocycles. The van der Waals surface area contributed by atoms with Gasteiger partial charge in [-0.3, -0.25) is 37.3 Å². The third-order valence-electron chi connectivity index (χ3n) is 16.0. The van der Waals surface area contributed by atoms with Crippen molar-refractivity contribution in [1.29, 1.82) is 0 Å². The molecular formula is C69H134O17P2. The Morgan fingerprint density at radius 2 is 0.523 bits per heavy atom. The predicted molar refractivity (Wildman–Crippen MR) is 354 cm³/mol. The van der Waals surface area contributed by atoms with Crippen LogP contribution < -0.4 is 0 Å². The quantitative estimate of drug-likeness (QED) is 0.0222. The van der Waals surface area contributed by atoms with Gasteiger partial charge in [-0.25, -0.2) is 9.13 Å². The van der Waals surface area contributed by atoms with Crippen LogP contribution in [0.5, 0.6) is 0 Å². The third kappa shape index (κ3) is 62.8. The number of hydrogen-bond acceptors (Lipinski definition) is 15. The fourth-order valence-corrected chi connectivity index (χ4v) is 12.0. The molecule has 88 heavy (non-hydrogen) atoms. The number of unbranched alkanes of at least 4 members (excludes halogenated alkanes) is 38. The Morgan fingerprint density at radius 1 is 0.307 bits per heavy atom. The summed E-state index contributed by atoms with van der Waals surface area (Å²) >= 11 is 0. The van der Waals surface area contributed by atoms with Crippen LogP contribution in [0.15, 0.2) is 0 Å². The van der Waals surface area contributed by atoms with Gasteiger partial charge in [-0.05, 0) is 37.5 Å². The molecule has 0 spiro atoms. The maximum absolute atomic E-state index is 13.0.